The highest BCUT2D eigenvalue weighted by Gasteiger charge is 2.22. The van der Waals surface area contributed by atoms with Crippen LogP contribution in [-0.4, -0.2) is 28.3 Å². The SMILES string of the molecule is CCCn1cc(OCCC(=O)NC2CC2)cn1. The largest absolute Gasteiger partial charge is 0.490 e. The fraction of sp³-hybridized carbons (Fsp3) is 0.667. The summed E-state index contributed by atoms with van der Waals surface area (Å²) in [6.07, 6.45) is 7.25. The van der Waals surface area contributed by atoms with Gasteiger partial charge in [0.15, 0.2) is 5.75 Å². The molecular formula is C12H19N3O2. The summed E-state index contributed by atoms with van der Waals surface area (Å²) in [6, 6.07) is 0.426. The van der Waals surface area contributed by atoms with Crippen LogP contribution in [0.4, 0.5) is 0 Å². The highest BCUT2D eigenvalue weighted by molar-refractivity contribution is 5.76. The molecule has 0 unspecified atom stereocenters. The third-order valence-corrected chi connectivity index (χ3v) is 2.60. The van der Waals surface area contributed by atoms with Gasteiger partial charge < -0.3 is 10.1 Å². The quantitative estimate of drug-likeness (QED) is 0.778. The Morgan fingerprint density at radius 3 is 3.18 bits per heavy atom. The summed E-state index contributed by atoms with van der Waals surface area (Å²) < 4.78 is 7.31. The van der Waals surface area contributed by atoms with Crippen molar-refractivity contribution in [2.75, 3.05) is 6.61 Å². The fourth-order valence-corrected chi connectivity index (χ4v) is 1.56. The van der Waals surface area contributed by atoms with Crippen molar-refractivity contribution in [2.24, 2.45) is 0 Å². The summed E-state index contributed by atoms with van der Waals surface area (Å²) in [5.41, 5.74) is 0. The van der Waals surface area contributed by atoms with Gasteiger partial charge in [-0.2, -0.15) is 5.10 Å². The van der Waals surface area contributed by atoms with Gasteiger partial charge in [-0.05, 0) is 19.3 Å². The normalized spacial score (nSPS) is 14.6. The zero-order chi connectivity index (χ0) is 12.1. The summed E-state index contributed by atoms with van der Waals surface area (Å²) in [6.45, 7) is 3.41. The van der Waals surface area contributed by atoms with Gasteiger partial charge in [-0.1, -0.05) is 6.92 Å². The fourth-order valence-electron chi connectivity index (χ4n) is 1.56. The van der Waals surface area contributed by atoms with Crippen molar-refractivity contribution in [1.29, 1.82) is 0 Å². The number of rotatable bonds is 7. The van der Waals surface area contributed by atoms with Crippen LogP contribution in [0.5, 0.6) is 5.75 Å². The van der Waals surface area contributed by atoms with Crippen LogP contribution in [0.1, 0.15) is 32.6 Å². The first-order valence-corrected chi connectivity index (χ1v) is 6.22. The van der Waals surface area contributed by atoms with Gasteiger partial charge in [-0.25, -0.2) is 0 Å². The smallest absolute Gasteiger partial charge is 0.223 e. The number of ether oxygens (including phenoxy) is 1. The lowest BCUT2D eigenvalue weighted by molar-refractivity contribution is -0.121. The molecule has 0 aliphatic heterocycles. The second kappa shape index (κ2) is 5.70. The maximum absolute atomic E-state index is 11.4. The van der Waals surface area contributed by atoms with Gasteiger partial charge in [0.25, 0.3) is 0 Å². The molecule has 17 heavy (non-hydrogen) atoms. The Morgan fingerprint density at radius 2 is 2.47 bits per heavy atom. The molecule has 0 aromatic carbocycles. The van der Waals surface area contributed by atoms with Crippen LogP contribution in [-0.2, 0) is 11.3 Å². The number of hydrogen-bond acceptors (Lipinski definition) is 3. The average molecular weight is 237 g/mol. The molecule has 0 bridgehead atoms. The Bertz CT molecular complexity index is 372. The van der Waals surface area contributed by atoms with E-state index in [1.54, 1.807) is 6.20 Å². The van der Waals surface area contributed by atoms with Crippen LogP contribution < -0.4 is 10.1 Å². The Balaban J connectivity index is 1.64. The molecule has 1 N–H and O–H groups in total. The number of carbonyl (C=O) groups excluding carboxylic acids is 1. The van der Waals surface area contributed by atoms with E-state index in [-0.39, 0.29) is 5.91 Å². The highest BCUT2D eigenvalue weighted by atomic mass is 16.5. The van der Waals surface area contributed by atoms with Crippen LogP contribution in [0.3, 0.4) is 0 Å². The Labute approximate surface area is 101 Å². The van der Waals surface area contributed by atoms with E-state index in [2.05, 4.69) is 17.3 Å². The van der Waals surface area contributed by atoms with Crippen molar-refractivity contribution >= 4 is 5.91 Å². The first-order chi connectivity index (χ1) is 8.28. The van der Waals surface area contributed by atoms with Crippen molar-refractivity contribution < 1.29 is 9.53 Å². The van der Waals surface area contributed by atoms with Gasteiger partial charge in [0.2, 0.25) is 5.91 Å². The van der Waals surface area contributed by atoms with Crippen molar-refractivity contribution in [3.8, 4) is 5.75 Å². The van der Waals surface area contributed by atoms with Crippen LogP contribution in [0.2, 0.25) is 0 Å². The Hall–Kier alpha value is -1.52. The topological polar surface area (TPSA) is 56.1 Å². The van der Waals surface area contributed by atoms with Crippen molar-refractivity contribution in [1.82, 2.24) is 15.1 Å². The third kappa shape index (κ3) is 4.09. The summed E-state index contributed by atoms with van der Waals surface area (Å²) in [5, 5.41) is 7.08. The van der Waals surface area contributed by atoms with Crippen LogP contribution >= 0.6 is 0 Å². The van der Waals surface area contributed by atoms with E-state index in [0.717, 1.165) is 31.6 Å². The van der Waals surface area contributed by atoms with Crippen molar-refractivity contribution in [2.45, 2.75) is 45.2 Å². The number of nitrogens with zero attached hydrogens (tertiary/aromatic N) is 2. The monoisotopic (exact) mass is 237 g/mol. The number of carbonyl (C=O) groups is 1. The predicted octanol–water partition coefficient (Wildman–Crippen LogP) is 1.34. The standard InChI is InChI=1S/C12H19N3O2/c1-2-6-15-9-11(8-13-15)17-7-5-12(16)14-10-3-4-10/h8-10H,2-7H2,1H3,(H,14,16). The molecule has 1 aromatic heterocycles. The maximum Gasteiger partial charge on any atom is 0.223 e. The average Bonchev–Trinajstić information content (AvgIpc) is 2.99. The van der Waals surface area contributed by atoms with Crippen LogP contribution in [0, 0.1) is 0 Å². The van der Waals surface area contributed by atoms with Gasteiger partial charge >= 0.3 is 0 Å². The molecule has 1 fully saturated rings. The predicted molar refractivity (Wildman–Crippen MR) is 63.8 cm³/mol. The van der Waals surface area contributed by atoms with Crippen LogP contribution in [0.25, 0.3) is 0 Å². The van der Waals surface area contributed by atoms with E-state index in [0.29, 0.717) is 19.1 Å². The first-order valence-electron chi connectivity index (χ1n) is 6.22. The van der Waals surface area contributed by atoms with Crippen molar-refractivity contribution in [3.05, 3.63) is 12.4 Å². The molecule has 0 atom stereocenters. The molecule has 5 heteroatoms. The number of aromatic nitrogens is 2. The zero-order valence-corrected chi connectivity index (χ0v) is 10.2. The second-order valence-corrected chi connectivity index (χ2v) is 4.38. The molecule has 1 heterocycles. The molecular weight excluding hydrogens is 218 g/mol. The molecule has 1 amide bonds. The molecule has 94 valence electrons. The molecule has 0 saturated heterocycles. The first kappa shape index (κ1) is 12.0. The second-order valence-electron chi connectivity index (χ2n) is 4.38. The lowest BCUT2D eigenvalue weighted by atomic mass is 10.4. The van der Waals surface area contributed by atoms with Gasteiger partial charge in [-0.15, -0.1) is 0 Å². The van der Waals surface area contributed by atoms with E-state index in [1.165, 1.54) is 0 Å². The molecule has 0 radical (unpaired) electrons. The van der Waals surface area contributed by atoms with Gasteiger partial charge in [0.1, 0.15) is 0 Å². The van der Waals surface area contributed by atoms with Gasteiger partial charge in [0.05, 0.1) is 25.4 Å². The van der Waals surface area contributed by atoms with Gasteiger partial charge in [0, 0.05) is 12.6 Å². The number of hydrogen-bond donors (Lipinski definition) is 1. The Morgan fingerprint density at radius 1 is 1.65 bits per heavy atom. The summed E-state index contributed by atoms with van der Waals surface area (Å²) in [7, 11) is 0. The van der Waals surface area contributed by atoms with Crippen LogP contribution in [0.15, 0.2) is 12.4 Å². The number of nitrogens with one attached hydrogen (secondary N) is 1. The molecule has 0 spiro atoms. The minimum Gasteiger partial charge on any atom is -0.490 e. The van der Waals surface area contributed by atoms with Crippen molar-refractivity contribution in [3.63, 3.8) is 0 Å². The third-order valence-electron chi connectivity index (χ3n) is 2.60. The lowest BCUT2D eigenvalue weighted by Crippen LogP contribution is -2.26. The molecule has 5 nitrogen and oxygen atoms in total. The van der Waals surface area contributed by atoms with E-state index >= 15 is 0 Å². The summed E-state index contributed by atoms with van der Waals surface area (Å²) in [5.74, 6) is 0.811. The molecule has 2 rings (SSSR count). The van der Waals surface area contributed by atoms with E-state index in [4.69, 9.17) is 4.74 Å². The summed E-state index contributed by atoms with van der Waals surface area (Å²) >= 11 is 0. The summed E-state index contributed by atoms with van der Waals surface area (Å²) in [4.78, 5) is 11.4. The maximum atomic E-state index is 11.4. The number of amides is 1. The minimum atomic E-state index is 0.0773. The van der Waals surface area contributed by atoms with Gasteiger partial charge in [-0.3, -0.25) is 9.48 Å². The highest BCUT2D eigenvalue weighted by Crippen LogP contribution is 2.18. The van der Waals surface area contributed by atoms with E-state index in [1.807, 2.05) is 10.9 Å². The lowest BCUT2D eigenvalue weighted by Gasteiger charge is -2.04. The van der Waals surface area contributed by atoms with E-state index < -0.39 is 0 Å². The number of aryl methyl sites for hydroxylation is 1. The zero-order valence-electron chi connectivity index (χ0n) is 10.2. The molecule has 1 aromatic rings. The minimum absolute atomic E-state index is 0.0773. The molecule has 1 aliphatic rings. The Kier molecular flexibility index (Phi) is 4.01. The molecule has 1 aliphatic carbocycles. The van der Waals surface area contributed by atoms with E-state index in [9.17, 15) is 4.79 Å². The molecule has 1 saturated carbocycles.